The molecule has 1 heterocycles. The number of aliphatic imine (C=N–C) groups is 1. The lowest BCUT2D eigenvalue weighted by Gasteiger charge is -2.11. The number of nitrogens with zero attached hydrogens (tertiary/aromatic N) is 2. The number of hydrogen-bond donors (Lipinski definition) is 2. The van der Waals surface area contributed by atoms with Gasteiger partial charge >= 0.3 is 0 Å². The predicted octanol–water partition coefficient (Wildman–Crippen LogP) is 4.36. The maximum Gasteiger partial charge on any atom is 0.250 e. The summed E-state index contributed by atoms with van der Waals surface area (Å²) in [7, 11) is 0. The molecule has 0 aliphatic heterocycles. The smallest absolute Gasteiger partial charge is 0.250 e. The third kappa shape index (κ3) is 8.78. The van der Waals surface area contributed by atoms with E-state index in [4.69, 9.17) is 0 Å². The van der Waals surface area contributed by atoms with E-state index in [9.17, 15) is 4.79 Å². The highest BCUT2D eigenvalue weighted by molar-refractivity contribution is 14.0. The van der Waals surface area contributed by atoms with Crippen LogP contribution >= 0.6 is 35.7 Å². The Morgan fingerprint density at radius 1 is 0.935 bits per heavy atom. The molecule has 0 spiro atoms. The van der Waals surface area contributed by atoms with Crippen LogP contribution in [0.5, 0.6) is 0 Å². The van der Waals surface area contributed by atoms with Crippen LogP contribution in [-0.4, -0.2) is 29.4 Å². The van der Waals surface area contributed by atoms with Gasteiger partial charge in [-0.3, -0.25) is 4.79 Å². The molecule has 2 aromatic carbocycles. The zero-order chi connectivity index (χ0) is 21.0. The zero-order valence-electron chi connectivity index (χ0n) is 17.7. The van der Waals surface area contributed by atoms with E-state index < -0.39 is 0 Å². The Bertz CT molecular complexity index is 990. The van der Waals surface area contributed by atoms with Crippen molar-refractivity contribution in [2.75, 3.05) is 18.8 Å². The van der Waals surface area contributed by atoms with Gasteiger partial charge in [-0.2, -0.15) is 0 Å². The molecule has 0 aliphatic carbocycles. The van der Waals surface area contributed by atoms with Gasteiger partial charge in [0.05, 0.1) is 13.1 Å². The van der Waals surface area contributed by atoms with Crippen LogP contribution in [0.15, 0.2) is 93.7 Å². The van der Waals surface area contributed by atoms with Gasteiger partial charge in [-0.05, 0) is 36.2 Å². The maximum absolute atomic E-state index is 11.8. The molecule has 2 N–H and O–H groups in total. The van der Waals surface area contributed by atoms with Crippen LogP contribution < -0.4 is 16.2 Å². The number of aromatic nitrogens is 1. The van der Waals surface area contributed by atoms with E-state index in [1.807, 2.05) is 30.1 Å². The molecule has 0 atom stereocenters. The Balaban J connectivity index is 0.00000341. The number of halogens is 1. The van der Waals surface area contributed by atoms with Crippen molar-refractivity contribution in [2.45, 2.75) is 24.9 Å². The first-order valence-electron chi connectivity index (χ1n) is 10.2. The Labute approximate surface area is 205 Å². The van der Waals surface area contributed by atoms with Crippen molar-refractivity contribution in [3.63, 3.8) is 0 Å². The highest BCUT2D eigenvalue weighted by atomic mass is 127. The Morgan fingerprint density at radius 2 is 1.65 bits per heavy atom. The van der Waals surface area contributed by atoms with Gasteiger partial charge in [0, 0.05) is 36.0 Å². The quantitative estimate of drug-likeness (QED) is 0.137. The van der Waals surface area contributed by atoms with E-state index in [0.29, 0.717) is 13.1 Å². The lowest BCUT2D eigenvalue weighted by atomic mass is 10.1. The molecule has 1 aromatic heterocycles. The molecule has 7 heteroatoms. The largest absolute Gasteiger partial charge is 0.357 e. The highest BCUT2D eigenvalue weighted by Gasteiger charge is 2.00. The van der Waals surface area contributed by atoms with Crippen molar-refractivity contribution in [1.29, 1.82) is 0 Å². The number of rotatable bonds is 9. The normalized spacial score (nSPS) is 10.9. The summed E-state index contributed by atoms with van der Waals surface area (Å²) in [6.45, 7) is 4.91. The fourth-order valence-electron chi connectivity index (χ4n) is 2.91. The predicted molar refractivity (Wildman–Crippen MR) is 142 cm³/mol. The number of pyridine rings is 1. The lowest BCUT2D eigenvalue weighted by Crippen LogP contribution is -2.38. The summed E-state index contributed by atoms with van der Waals surface area (Å²) >= 11 is 1.83. The molecule has 164 valence electrons. The Kier molecular flexibility index (Phi) is 11.2. The third-order valence-corrected chi connectivity index (χ3v) is 5.46. The van der Waals surface area contributed by atoms with E-state index >= 15 is 0 Å². The summed E-state index contributed by atoms with van der Waals surface area (Å²) < 4.78 is 1.70. The summed E-state index contributed by atoms with van der Waals surface area (Å²) in [5.74, 6) is 1.80. The summed E-state index contributed by atoms with van der Waals surface area (Å²) in [5.41, 5.74) is 2.24. The van der Waals surface area contributed by atoms with Crippen LogP contribution in [0.25, 0.3) is 0 Å². The Morgan fingerprint density at radius 3 is 2.35 bits per heavy atom. The van der Waals surface area contributed by atoms with Crippen molar-refractivity contribution < 1.29 is 0 Å². The van der Waals surface area contributed by atoms with Crippen LogP contribution in [0.3, 0.4) is 0 Å². The van der Waals surface area contributed by atoms with Gasteiger partial charge in [-0.15, -0.1) is 35.7 Å². The molecule has 0 fully saturated rings. The first kappa shape index (κ1) is 25.0. The van der Waals surface area contributed by atoms with Crippen LogP contribution in [0.1, 0.15) is 18.1 Å². The van der Waals surface area contributed by atoms with Crippen LogP contribution in [0, 0.1) is 0 Å². The van der Waals surface area contributed by atoms with E-state index in [1.54, 1.807) is 16.7 Å². The monoisotopic (exact) mass is 548 g/mol. The van der Waals surface area contributed by atoms with E-state index in [2.05, 4.69) is 71.1 Å². The van der Waals surface area contributed by atoms with Crippen LogP contribution in [0.2, 0.25) is 0 Å². The number of thioether (sulfide) groups is 1. The lowest BCUT2D eigenvalue weighted by molar-refractivity contribution is 0.759. The van der Waals surface area contributed by atoms with Crippen molar-refractivity contribution in [1.82, 2.24) is 15.2 Å². The van der Waals surface area contributed by atoms with Crippen LogP contribution in [0.4, 0.5) is 0 Å². The van der Waals surface area contributed by atoms with E-state index in [1.165, 1.54) is 4.90 Å². The summed E-state index contributed by atoms with van der Waals surface area (Å²) in [5, 5.41) is 6.68. The van der Waals surface area contributed by atoms with E-state index in [-0.39, 0.29) is 29.5 Å². The van der Waals surface area contributed by atoms with Crippen LogP contribution in [-0.2, 0) is 13.1 Å². The molecule has 0 aliphatic rings. The summed E-state index contributed by atoms with van der Waals surface area (Å²) in [6, 6.07) is 23.9. The minimum Gasteiger partial charge on any atom is -0.357 e. The van der Waals surface area contributed by atoms with Crippen molar-refractivity contribution in [2.24, 2.45) is 4.99 Å². The SMILES string of the molecule is CCNC(=NCc1ccc(Cn2ccccc2=O)cc1)NCCSc1ccccc1.I. The summed E-state index contributed by atoms with van der Waals surface area (Å²) in [6.07, 6.45) is 1.81. The molecule has 0 amide bonds. The van der Waals surface area contributed by atoms with Gasteiger partial charge in [0.2, 0.25) is 0 Å². The molecular weight excluding hydrogens is 519 g/mol. The van der Waals surface area contributed by atoms with Crippen molar-refractivity contribution in [3.8, 4) is 0 Å². The van der Waals surface area contributed by atoms with E-state index in [0.717, 1.165) is 35.9 Å². The Hall–Kier alpha value is -2.26. The second-order valence-electron chi connectivity index (χ2n) is 6.77. The number of guanidine groups is 1. The van der Waals surface area contributed by atoms with Gasteiger partial charge in [-0.25, -0.2) is 4.99 Å². The molecule has 0 radical (unpaired) electrons. The van der Waals surface area contributed by atoms with Crippen molar-refractivity contribution in [3.05, 3.63) is 100 Å². The second kappa shape index (κ2) is 13.9. The molecule has 31 heavy (non-hydrogen) atoms. The molecule has 0 bridgehead atoms. The molecular formula is C24H29IN4OS. The van der Waals surface area contributed by atoms with Crippen molar-refractivity contribution >= 4 is 41.7 Å². The fourth-order valence-corrected chi connectivity index (χ4v) is 3.69. The third-order valence-electron chi connectivity index (χ3n) is 4.45. The molecule has 0 saturated heterocycles. The number of benzene rings is 2. The number of hydrogen-bond acceptors (Lipinski definition) is 3. The second-order valence-corrected chi connectivity index (χ2v) is 7.94. The molecule has 0 unspecified atom stereocenters. The standard InChI is InChI=1S/C24H28N4OS.HI/c1-2-25-24(26-15-17-30-22-8-4-3-5-9-22)27-18-20-11-13-21(14-12-20)19-28-16-7-6-10-23(28)29;/h3-14,16H,2,15,17-19H2,1H3,(H2,25,26,27);1H. The minimum atomic E-state index is 0. The maximum atomic E-state index is 11.8. The zero-order valence-corrected chi connectivity index (χ0v) is 20.8. The average Bonchev–Trinajstić information content (AvgIpc) is 2.78. The van der Waals surface area contributed by atoms with Gasteiger partial charge < -0.3 is 15.2 Å². The van der Waals surface area contributed by atoms with Gasteiger partial charge in [0.15, 0.2) is 5.96 Å². The van der Waals surface area contributed by atoms with Gasteiger partial charge in [0.1, 0.15) is 0 Å². The minimum absolute atomic E-state index is 0. The fraction of sp³-hybridized carbons (Fsp3) is 0.250. The van der Waals surface area contributed by atoms with Gasteiger partial charge in [-0.1, -0.05) is 48.5 Å². The molecule has 3 aromatic rings. The highest BCUT2D eigenvalue weighted by Crippen LogP contribution is 2.15. The topological polar surface area (TPSA) is 58.4 Å². The average molecular weight is 548 g/mol. The first-order chi connectivity index (χ1) is 14.7. The molecule has 0 saturated carbocycles. The van der Waals surface area contributed by atoms with Gasteiger partial charge in [0.25, 0.3) is 5.56 Å². The summed E-state index contributed by atoms with van der Waals surface area (Å²) in [4.78, 5) is 17.8. The molecule has 3 rings (SSSR count). The number of nitrogens with one attached hydrogen (secondary N) is 2. The first-order valence-corrected chi connectivity index (χ1v) is 11.2. The molecule has 5 nitrogen and oxygen atoms in total.